The van der Waals surface area contributed by atoms with Gasteiger partial charge in [0.05, 0.1) is 24.2 Å². The minimum atomic E-state index is -3.40. The topological polar surface area (TPSA) is 153 Å². The lowest BCUT2D eigenvalue weighted by Crippen LogP contribution is -2.33. The number of fused-ring (bicyclic) bond motifs is 2. The number of carbonyl (C=O) groups excluding carboxylic acids is 1. The highest BCUT2D eigenvalue weighted by molar-refractivity contribution is 7.88. The second kappa shape index (κ2) is 10.6. The minimum absolute atomic E-state index is 0.0379. The van der Waals surface area contributed by atoms with Gasteiger partial charge >= 0.3 is 0 Å². The second-order valence-corrected chi connectivity index (χ2v) is 10.9. The Labute approximate surface area is 229 Å². The Morgan fingerprint density at radius 2 is 1.90 bits per heavy atom. The summed E-state index contributed by atoms with van der Waals surface area (Å²) in [6, 6.07) is 15.5. The molecule has 0 fully saturated rings. The van der Waals surface area contributed by atoms with Crippen LogP contribution in [0.25, 0.3) is 22.1 Å². The fourth-order valence-corrected chi connectivity index (χ4v) is 4.75. The van der Waals surface area contributed by atoms with E-state index in [2.05, 4.69) is 31.8 Å². The zero-order chi connectivity index (χ0) is 28.4. The quantitative estimate of drug-likeness (QED) is 0.271. The molecule has 0 radical (unpaired) electrons. The van der Waals surface area contributed by atoms with Gasteiger partial charge in [0.1, 0.15) is 17.7 Å². The van der Waals surface area contributed by atoms with E-state index < -0.39 is 22.0 Å². The third kappa shape index (κ3) is 5.28. The molecule has 0 aliphatic rings. The van der Waals surface area contributed by atoms with Crippen LogP contribution in [0.4, 0.5) is 5.82 Å². The van der Waals surface area contributed by atoms with Gasteiger partial charge in [0.25, 0.3) is 11.5 Å². The van der Waals surface area contributed by atoms with Crippen LogP contribution < -0.4 is 21.3 Å². The maximum atomic E-state index is 14.0. The molecule has 40 heavy (non-hydrogen) atoms. The van der Waals surface area contributed by atoms with E-state index in [1.54, 1.807) is 54.0 Å². The van der Waals surface area contributed by atoms with Crippen molar-refractivity contribution in [1.29, 1.82) is 0 Å². The first-order valence-corrected chi connectivity index (χ1v) is 14.1. The van der Waals surface area contributed by atoms with Crippen LogP contribution in [0.1, 0.15) is 34.6 Å². The molecule has 0 aliphatic heterocycles. The summed E-state index contributed by atoms with van der Waals surface area (Å²) in [5.74, 6) is 5.23. The maximum Gasteiger partial charge on any atom is 0.264 e. The predicted octanol–water partition coefficient (Wildman–Crippen LogP) is 2.01. The molecule has 0 saturated carbocycles. The van der Waals surface area contributed by atoms with Gasteiger partial charge < -0.3 is 11.1 Å². The SMILES string of the molecule is CC(NC(=O)c1c(N)ncn2ccnc12)c1cc2cccc(C#CCNS(C)(=O)=O)c2c(=O)n1-c1ccccc1. The van der Waals surface area contributed by atoms with Crippen LogP contribution in [0, 0.1) is 11.8 Å². The lowest BCUT2D eigenvalue weighted by atomic mass is 10.0. The summed E-state index contributed by atoms with van der Waals surface area (Å²) in [5.41, 5.74) is 7.79. The molecule has 5 rings (SSSR count). The van der Waals surface area contributed by atoms with Crippen molar-refractivity contribution in [1.82, 2.24) is 29.0 Å². The van der Waals surface area contributed by atoms with Crippen molar-refractivity contribution in [3.63, 3.8) is 0 Å². The number of amides is 1. The highest BCUT2D eigenvalue weighted by Gasteiger charge is 2.23. The summed E-state index contributed by atoms with van der Waals surface area (Å²) < 4.78 is 28.2. The van der Waals surface area contributed by atoms with Crippen LogP contribution >= 0.6 is 0 Å². The Morgan fingerprint density at radius 3 is 2.65 bits per heavy atom. The first-order chi connectivity index (χ1) is 19.1. The molecule has 0 aliphatic carbocycles. The number of nitrogens with two attached hydrogens (primary N) is 1. The van der Waals surface area contributed by atoms with Crippen LogP contribution in [0.5, 0.6) is 0 Å². The normalized spacial score (nSPS) is 12.2. The number of aromatic nitrogens is 4. The Morgan fingerprint density at radius 1 is 1.12 bits per heavy atom. The molecule has 202 valence electrons. The van der Waals surface area contributed by atoms with E-state index in [0.29, 0.717) is 33.4 Å². The number of sulfonamides is 1. The Balaban J connectivity index is 1.61. The molecular weight excluding hydrogens is 530 g/mol. The van der Waals surface area contributed by atoms with Gasteiger partial charge in [0, 0.05) is 29.3 Å². The number of carbonyl (C=O) groups is 1. The molecule has 1 amide bonds. The van der Waals surface area contributed by atoms with E-state index in [9.17, 15) is 18.0 Å². The standard InChI is InChI=1S/C28H25N7O4S/c1-18(33-27(36)24-25(29)31-17-34-15-14-30-26(24)34)22-16-20-9-6-8-19(10-7-13-32-40(2,38)39)23(20)28(37)35(22)21-11-4-3-5-12-21/h3-6,8-9,11-12,14-18,32H,13,29H2,1-2H3,(H,33,36). The number of hydrogen-bond acceptors (Lipinski definition) is 7. The molecule has 0 bridgehead atoms. The average Bonchev–Trinajstić information content (AvgIpc) is 3.39. The molecule has 3 aromatic heterocycles. The maximum absolute atomic E-state index is 14.0. The van der Waals surface area contributed by atoms with Gasteiger partial charge in [-0.15, -0.1) is 0 Å². The predicted molar refractivity (Wildman–Crippen MR) is 153 cm³/mol. The van der Waals surface area contributed by atoms with Gasteiger partial charge in [-0.1, -0.05) is 42.2 Å². The molecule has 0 spiro atoms. The van der Waals surface area contributed by atoms with E-state index in [1.807, 2.05) is 24.3 Å². The van der Waals surface area contributed by atoms with Crippen LogP contribution in [0.2, 0.25) is 0 Å². The summed E-state index contributed by atoms with van der Waals surface area (Å²) in [6.45, 7) is 1.68. The molecule has 12 heteroatoms. The number of nitrogens with one attached hydrogen (secondary N) is 2. The zero-order valence-corrected chi connectivity index (χ0v) is 22.4. The van der Waals surface area contributed by atoms with E-state index in [1.165, 1.54) is 10.9 Å². The highest BCUT2D eigenvalue weighted by atomic mass is 32.2. The number of pyridine rings is 1. The number of nitrogen functional groups attached to an aromatic ring is 1. The molecule has 4 N–H and O–H groups in total. The van der Waals surface area contributed by atoms with Crippen molar-refractivity contribution in [3.05, 3.63) is 100 Å². The summed E-state index contributed by atoms with van der Waals surface area (Å²) in [7, 11) is -3.40. The highest BCUT2D eigenvalue weighted by Crippen LogP contribution is 2.24. The van der Waals surface area contributed by atoms with Crippen molar-refractivity contribution in [2.45, 2.75) is 13.0 Å². The Hall–Kier alpha value is -4.99. The zero-order valence-electron chi connectivity index (χ0n) is 21.6. The third-order valence-corrected chi connectivity index (χ3v) is 6.89. The number of benzene rings is 2. The monoisotopic (exact) mass is 555 g/mol. The molecule has 1 unspecified atom stereocenters. The number of rotatable bonds is 6. The van der Waals surface area contributed by atoms with E-state index in [4.69, 9.17) is 5.73 Å². The average molecular weight is 556 g/mol. The van der Waals surface area contributed by atoms with Crippen molar-refractivity contribution >= 4 is 38.2 Å². The summed E-state index contributed by atoms with van der Waals surface area (Å²) >= 11 is 0. The number of imidazole rings is 1. The van der Waals surface area contributed by atoms with Gasteiger partial charge in [-0.3, -0.25) is 18.6 Å². The van der Waals surface area contributed by atoms with Crippen molar-refractivity contribution < 1.29 is 13.2 Å². The number of hydrogen-bond donors (Lipinski definition) is 3. The molecule has 2 aromatic carbocycles. The Bertz CT molecular complexity index is 1990. The number of nitrogens with zero attached hydrogens (tertiary/aromatic N) is 4. The lowest BCUT2D eigenvalue weighted by Gasteiger charge is -2.21. The largest absolute Gasteiger partial charge is 0.383 e. The molecule has 5 aromatic rings. The third-order valence-electron chi connectivity index (χ3n) is 6.22. The fourth-order valence-electron chi connectivity index (χ4n) is 4.42. The van der Waals surface area contributed by atoms with Crippen LogP contribution in [0.15, 0.2) is 78.1 Å². The first kappa shape index (κ1) is 26.6. The van der Waals surface area contributed by atoms with Crippen LogP contribution in [-0.2, 0) is 10.0 Å². The molecule has 3 heterocycles. The van der Waals surface area contributed by atoms with Crippen molar-refractivity contribution in [3.8, 4) is 17.5 Å². The van der Waals surface area contributed by atoms with Gasteiger partial charge in [-0.25, -0.2) is 23.1 Å². The van der Waals surface area contributed by atoms with Crippen molar-refractivity contribution in [2.24, 2.45) is 0 Å². The summed E-state index contributed by atoms with van der Waals surface area (Å²) in [4.78, 5) is 35.8. The summed E-state index contributed by atoms with van der Waals surface area (Å²) in [6.07, 6.45) is 5.74. The van der Waals surface area contributed by atoms with E-state index in [0.717, 1.165) is 6.26 Å². The molecule has 0 saturated heterocycles. The summed E-state index contributed by atoms with van der Waals surface area (Å²) in [5, 5.41) is 3.93. The first-order valence-electron chi connectivity index (χ1n) is 12.2. The molecule has 11 nitrogen and oxygen atoms in total. The molecule has 1 atom stereocenters. The Kier molecular flexibility index (Phi) is 7.08. The molecular formula is C28H25N7O4S. The smallest absolute Gasteiger partial charge is 0.264 e. The van der Waals surface area contributed by atoms with E-state index in [-0.39, 0.29) is 23.5 Å². The second-order valence-electron chi connectivity index (χ2n) is 9.07. The van der Waals surface area contributed by atoms with Gasteiger partial charge in [-0.2, -0.15) is 0 Å². The fraction of sp³-hybridized carbons (Fsp3) is 0.143. The number of anilines is 1. The van der Waals surface area contributed by atoms with Crippen molar-refractivity contribution in [2.75, 3.05) is 18.5 Å². The lowest BCUT2D eigenvalue weighted by molar-refractivity contribution is 0.0940. The van der Waals surface area contributed by atoms with Gasteiger partial charge in [0.2, 0.25) is 10.0 Å². The van der Waals surface area contributed by atoms with E-state index >= 15 is 0 Å². The number of para-hydroxylation sites is 1. The van der Waals surface area contributed by atoms with Crippen LogP contribution in [-0.4, -0.2) is 46.1 Å². The minimum Gasteiger partial charge on any atom is -0.383 e. The van der Waals surface area contributed by atoms with Crippen LogP contribution in [0.3, 0.4) is 0 Å². The van der Waals surface area contributed by atoms with Gasteiger partial charge in [-0.05, 0) is 36.6 Å². The van der Waals surface area contributed by atoms with Gasteiger partial charge in [0.15, 0.2) is 5.65 Å².